The average Bonchev–Trinajstić information content (AvgIpc) is 2.54. The highest BCUT2D eigenvalue weighted by Gasteiger charge is 2.28. The van der Waals surface area contributed by atoms with Gasteiger partial charge in [0.05, 0.1) is 7.11 Å². The molecule has 0 aliphatic heterocycles. The van der Waals surface area contributed by atoms with E-state index in [1.165, 1.54) is 20.0 Å². The van der Waals surface area contributed by atoms with Gasteiger partial charge in [-0.2, -0.15) is 0 Å². The predicted octanol–water partition coefficient (Wildman–Crippen LogP) is 1.73. The van der Waals surface area contributed by atoms with Gasteiger partial charge in [0.1, 0.15) is 6.04 Å². The molecule has 0 amide bonds. The molecule has 0 aromatic carbocycles. The van der Waals surface area contributed by atoms with Crippen molar-refractivity contribution in [2.24, 2.45) is 23.5 Å². The SMILES string of the molecule is COC(=O)C(N)C=CC1C(C)CCC1C. The predicted molar refractivity (Wildman–Crippen MR) is 60.2 cm³/mol. The summed E-state index contributed by atoms with van der Waals surface area (Å²) in [5, 5.41) is 0. The van der Waals surface area contributed by atoms with Crippen molar-refractivity contribution < 1.29 is 9.53 Å². The molecule has 0 aromatic rings. The van der Waals surface area contributed by atoms with Gasteiger partial charge in [0.15, 0.2) is 0 Å². The Morgan fingerprint density at radius 3 is 2.40 bits per heavy atom. The van der Waals surface area contributed by atoms with E-state index in [0.717, 1.165) is 0 Å². The van der Waals surface area contributed by atoms with Crippen LogP contribution in [0.4, 0.5) is 0 Å². The van der Waals surface area contributed by atoms with Crippen LogP contribution in [0, 0.1) is 17.8 Å². The van der Waals surface area contributed by atoms with E-state index >= 15 is 0 Å². The smallest absolute Gasteiger partial charge is 0.326 e. The van der Waals surface area contributed by atoms with E-state index in [1.807, 2.05) is 0 Å². The third-order valence-corrected chi connectivity index (χ3v) is 3.41. The van der Waals surface area contributed by atoms with Crippen LogP contribution >= 0.6 is 0 Å². The van der Waals surface area contributed by atoms with Crippen molar-refractivity contribution in [3.8, 4) is 0 Å². The summed E-state index contributed by atoms with van der Waals surface area (Å²) in [5.41, 5.74) is 5.64. The second-order valence-corrected chi connectivity index (χ2v) is 4.54. The molecule has 1 rings (SSSR count). The number of carbonyl (C=O) groups is 1. The topological polar surface area (TPSA) is 52.3 Å². The van der Waals surface area contributed by atoms with Crippen molar-refractivity contribution in [3.05, 3.63) is 12.2 Å². The summed E-state index contributed by atoms with van der Waals surface area (Å²) in [4.78, 5) is 11.1. The summed E-state index contributed by atoms with van der Waals surface area (Å²) in [6.07, 6.45) is 6.39. The minimum Gasteiger partial charge on any atom is -0.468 e. The molecule has 0 spiro atoms. The van der Waals surface area contributed by atoms with Crippen LogP contribution in [0.25, 0.3) is 0 Å². The van der Waals surface area contributed by atoms with E-state index < -0.39 is 6.04 Å². The van der Waals surface area contributed by atoms with Gasteiger partial charge in [-0.3, -0.25) is 4.79 Å². The maximum atomic E-state index is 11.1. The molecule has 0 aromatic heterocycles. The number of hydrogen-bond acceptors (Lipinski definition) is 3. The van der Waals surface area contributed by atoms with Crippen LogP contribution in [0.5, 0.6) is 0 Å². The normalized spacial score (nSPS) is 33.2. The molecule has 3 unspecified atom stereocenters. The lowest BCUT2D eigenvalue weighted by molar-refractivity contribution is -0.140. The summed E-state index contributed by atoms with van der Waals surface area (Å²) >= 11 is 0. The summed E-state index contributed by atoms with van der Waals surface area (Å²) in [5.74, 6) is 1.58. The fourth-order valence-electron chi connectivity index (χ4n) is 2.31. The van der Waals surface area contributed by atoms with Crippen molar-refractivity contribution in [2.75, 3.05) is 7.11 Å². The molecule has 15 heavy (non-hydrogen) atoms. The number of rotatable bonds is 3. The van der Waals surface area contributed by atoms with Crippen LogP contribution in [0.3, 0.4) is 0 Å². The summed E-state index contributed by atoms with van der Waals surface area (Å²) in [6, 6.07) is -0.616. The molecule has 86 valence electrons. The van der Waals surface area contributed by atoms with Crippen LogP contribution in [-0.4, -0.2) is 19.1 Å². The lowest BCUT2D eigenvalue weighted by Gasteiger charge is -2.15. The van der Waals surface area contributed by atoms with E-state index in [9.17, 15) is 4.79 Å². The quantitative estimate of drug-likeness (QED) is 0.571. The third-order valence-electron chi connectivity index (χ3n) is 3.41. The molecule has 0 bridgehead atoms. The van der Waals surface area contributed by atoms with Crippen LogP contribution in [0.15, 0.2) is 12.2 Å². The molecule has 2 N–H and O–H groups in total. The summed E-state index contributed by atoms with van der Waals surface area (Å²) in [6.45, 7) is 4.50. The molecule has 3 heteroatoms. The number of esters is 1. The van der Waals surface area contributed by atoms with E-state index in [1.54, 1.807) is 6.08 Å². The van der Waals surface area contributed by atoms with Gasteiger partial charge in [-0.15, -0.1) is 0 Å². The first-order valence-electron chi connectivity index (χ1n) is 5.58. The minimum atomic E-state index is -0.616. The Kier molecular flexibility index (Phi) is 4.33. The third kappa shape index (κ3) is 3.06. The first-order chi connectivity index (χ1) is 7.06. The van der Waals surface area contributed by atoms with E-state index in [2.05, 4.69) is 24.7 Å². The van der Waals surface area contributed by atoms with Crippen molar-refractivity contribution in [1.82, 2.24) is 0 Å². The Balaban J connectivity index is 2.52. The average molecular weight is 211 g/mol. The molecule has 1 fully saturated rings. The second kappa shape index (κ2) is 5.31. The zero-order valence-electron chi connectivity index (χ0n) is 9.77. The van der Waals surface area contributed by atoms with E-state index in [-0.39, 0.29) is 5.97 Å². The zero-order chi connectivity index (χ0) is 11.4. The monoisotopic (exact) mass is 211 g/mol. The number of methoxy groups -OCH3 is 1. The highest BCUT2D eigenvalue weighted by Crippen LogP contribution is 2.37. The number of nitrogens with two attached hydrogens (primary N) is 1. The fraction of sp³-hybridized carbons (Fsp3) is 0.750. The molecule has 0 radical (unpaired) electrons. The molecular weight excluding hydrogens is 190 g/mol. The lowest BCUT2D eigenvalue weighted by atomic mass is 9.91. The highest BCUT2D eigenvalue weighted by atomic mass is 16.5. The Morgan fingerprint density at radius 1 is 1.40 bits per heavy atom. The Morgan fingerprint density at radius 2 is 1.93 bits per heavy atom. The van der Waals surface area contributed by atoms with Gasteiger partial charge in [0.25, 0.3) is 0 Å². The van der Waals surface area contributed by atoms with Gasteiger partial charge in [0, 0.05) is 0 Å². The largest absolute Gasteiger partial charge is 0.468 e. The zero-order valence-corrected chi connectivity index (χ0v) is 9.77. The van der Waals surface area contributed by atoms with Crippen molar-refractivity contribution in [2.45, 2.75) is 32.7 Å². The van der Waals surface area contributed by atoms with Crippen molar-refractivity contribution in [1.29, 1.82) is 0 Å². The summed E-state index contributed by atoms with van der Waals surface area (Å²) < 4.78 is 4.57. The van der Waals surface area contributed by atoms with Crippen molar-refractivity contribution >= 4 is 5.97 Å². The van der Waals surface area contributed by atoms with Crippen LogP contribution in [-0.2, 0) is 9.53 Å². The van der Waals surface area contributed by atoms with Gasteiger partial charge in [0.2, 0.25) is 0 Å². The van der Waals surface area contributed by atoms with Crippen LogP contribution in [0.1, 0.15) is 26.7 Å². The Hall–Kier alpha value is -0.830. The standard InChI is InChI=1S/C12H21NO2/c1-8-4-5-9(2)10(8)6-7-11(13)12(14)15-3/h6-11H,4-5,13H2,1-3H3. The molecule has 0 saturated heterocycles. The second-order valence-electron chi connectivity index (χ2n) is 4.54. The molecule has 0 heterocycles. The molecular formula is C12H21NO2. The lowest BCUT2D eigenvalue weighted by Crippen LogP contribution is -2.29. The number of ether oxygens (including phenoxy) is 1. The maximum absolute atomic E-state index is 11.1. The first kappa shape index (κ1) is 12.2. The number of carbonyl (C=O) groups excluding carboxylic acids is 1. The fourth-order valence-corrected chi connectivity index (χ4v) is 2.31. The Labute approximate surface area is 91.7 Å². The van der Waals surface area contributed by atoms with E-state index in [0.29, 0.717) is 17.8 Å². The molecule has 1 aliphatic rings. The highest BCUT2D eigenvalue weighted by molar-refractivity contribution is 5.77. The molecule has 3 atom stereocenters. The van der Waals surface area contributed by atoms with Crippen LogP contribution < -0.4 is 5.73 Å². The van der Waals surface area contributed by atoms with Gasteiger partial charge in [-0.25, -0.2) is 0 Å². The summed E-state index contributed by atoms with van der Waals surface area (Å²) in [7, 11) is 1.36. The molecule has 1 aliphatic carbocycles. The minimum absolute atomic E-state index is 0.371. The van der Waals surface area contributed by atoms with Crippen LogP contribution in [0.2, 0.25) is 0 Å². The Bertz CT molecular complexity index is 240. The van der Waals surface area contributed by atoms with Gasteiger partial charge < -0.3 is 10.5 Å². The maximum Gasteiger partial charge on any atom is 0.326 e. The van der Waals surface area contributed by atoms with Gasteiger partial charge in [-0.1, -0.05) is 26.0 Å². The van der Waals surface area contributed by atoms with Gasteiger partial charge in [-0.05, 0) is 30.6 Å². The van der Waals surface area contributed by atoms with Gasteiger partial charge >= 0.3 is 5.97 Å². The molecule has 3 nitrogen and oxygen atoms in total. The number of allylic oxidation sites excluding steroid dienone is 1. The first-order valence-corrected chi connectivity index (χ1v) is 5.58. The van der Waals surface area contributed by atoms with Crippen molar-refractivity contribution in [3.63, 3.8) is 0 Å². The number of hydrogen-bond donors (Lipinski definition) is 1. The molecule has 1 saturated carbocycles. The van der Waals surface area contributed by atoms with E-state index in [4.69, 9.17) is 5.73 Å².